The Balaban J connectivity index is 0.00000243. The summed E-state index contributed by atoms with van der Waals surface area (Å²) in [5.41, 5.74) is 0.370. The highest BCUT2D eigenvalue weighted by molar-refractivity contribution is 5.85. The third-order valence-corrected chi connectivity index (χ3v) is 4.45. The van der Waals surface area contributed by atoms with Crippen LogP contribution in [0.2, 0.25) is 0 Å². The van der Waals surface area contributed by atoms with Gasteiger partial charge >= 0.3 is 0 Å². The van der Waals surface area contributed by atoms with Gasteiger partial charge in [0.05, 0.1) is 24.3 Å². The second-order valence-corrected chi connectivity index (χ2v) is 6.03. The van der Waals surface area contributed by atoms with E-state index in [0.29, 0.717) is 18.8 Å². The normalized spacial score (nSPS) is 19.8. The van der Waals surface area contributed by atoms with Crippen molar-refractivity contribution in [1.29, 1.82) is 0 Å². The molecule has 3 nitrogen and oxygen atoms in total. The number of ether oxygens (including phenoxy) is 2. The molecule has 1 aliphatic heterocycles. The average molecular weight is 388 g/mol. The lowest BCUT2D eigenvalue weighted by atomic mass is 10.0. The molecular weight excluding hydrogens is 367 g/mol. The molecule has 0 aliphatic carbocycles. The third kappa shape index (κ3) is 4.57. The highest BCUT2D eigenvalue weighted by Gasteiger charge is 2.25. The quantitative estimate of drug-likeness (QED) is 0.838. The minimum Gasteiger partial charge on any atom is -0.380 e. The predicted molar refractivity (Wildman–Crippen MR) is 95.9 cm³/mol. The van der Waals surface area contributed by atoms with Crippen LogP contribution < -0.4 is 5.32 Å². The van der Waals surface area contributed by atoms with Crippen LogP contribution in [-0.2, 0) is 16.0 Å². The average Bonchev–Trinajstić information content (AvgIpc) is 2.61. The molecule has 0 spiro atoms. The summed E-state index contributed by atoms with van der Waals surface area (Å²) < 4.78 is 52.9. The van der Waals surface area contributed by atoms with E-state index in [0.717, 1.165) is 24.6 Å². The number of rotatable bonds is 5. The molecule has 1 aliphatic rings. The van der Waals surface area contributed by atoms with Crippen LogP contribution in [0.25, 0.3) is 11.1 Å². The van der Waals surface area contributed by atoms with E-state index < -0.39 is 17.5 Å². The number of methoxy groups -OCH3 is 1. The molecule has 0 aromatic heterocycles. The van der Waals surface area contributed by atoms with E-state index in [9.17, 15) is 13.2 Å². The van der Waals surface area contributed by atoms with Gasteiger partial charge in [-0.15, -0.1) is 12.4 Å². The first kappa shape index (κ1) is 20.7. The molecule has 0 saturated carbocycles. The van der Waals surface area contributed by atoms with Crippen LogP contribution in [0.3, 0.4) is 0 Å². The molecule has 3 rings (SSSR count). The van der Waals surface area contributed by atoms with E-state index >= 15 is 0 Å². The molecule has 26 heavy (non-hydrogen) atoms. The van der Waals surface area contributed by atoms with Gasteiger partial charge in [0.25, 0.3) is 0 Å². The van der Waals surface area contributed by atoms with Gasteiger partial charge in [-0.25, -0.2) is 13.2 Å². The summed E-state index contributed by atoms with van der Waals surface area (Å²) in [4.78, 5) is 0. The summed E-state index contributed by atoms with van der Waals surface area (Å²) in [5.74, 6) is -1.95. The lowest BCUT2D eigenvalue weighted by Crippen LogP contribution is -2.47. The fraction of sp³-hybridized carbons (Fsp3) is 0.368. The maximum absolute atomic E-state index is 14.4. The molecule has 1 heterocycles. The van der Waals surface area contributed by atoms with E-state index in [1.165, 1.54) is 18.2 Å². The highest BCUT2D eigenvalue weighted by atomic mass is 35.5. The standard InChI is InChI=1S/C19H20F3NO2.ClH/c1-24-18-7-8-25-11-17(18)23-10-13-6-5-12(9-16(13)22)19-14(20)3-2-4-15(19)21;/h2-6,9,17-18,23H,7-8,10-11H2,1H3;1H/t17-,18-;/m1./s1. The van der Waals surface area contributed by atoms with Gasteiger partial charge in [-0.05, 0) is 30.2 Å². The minimum absolute atomic E-state index is 0. The van der Waals surface area contributed by atoms with Crippen molar-refractivity contribution in [2.45, 2.75) is 25.1 Å². The number of nitrogens with one attached hydrogen (secondary N) is 1. The van der Waals surface area contributed by atoms with Crippen LogP contribution >= 0.6 is 12.4 Å². The number of hydrogen-bond donors (Lipinski definition) is 1. The molecule has 2 aromatic carbocycles. The van der Waals surface area contributed by atoms with Crippen molar-refractivity contribution >= 4 is 12.4 Å². The van der Waals surface area contributed by atoms with Crippen molar-refractivity contribution in [2.24, 2.45) is 0 Å². The van der Waals surface area contributed by atoms with E-state index in [4.69, 9.17) is 9.47 Å². The lowest BCUT2D eigenvalue weighted by Gasteiger charge is -2.31. The van der Waals surface area contributed by atoms with Gasteiger partial charge in [0.15, 0.2) is 0 Å². The van der Waals surface area contributed by atoms with Gasteiger partial charge in [0.2, 0.25) is 0 Å². The molecule has 1 fully saturated rings. The van der Waals surface area contributed by atoms with Crippen LogP contribution in [-0.4, -0.2) is 32.5 Å². The Labute approximate surface area is 156 Å². The summed E-state index contributed by atoms with van der Waals surface area (Å²) in [6.45, 7) is 1.42. The molecule has 2 aromatic rings. The Morgan fingerprint density at radius 3 is 2.50 bits per heavy atom. The van der Waals surface area contributed by atoms with E-state index in [2.05, 4.69) is 5.32 Å². The molecule has 0 radical (unpaired) electrons. The maximum Gasteiger partial charge on any atom is 0.133 e. The molecule has 7 heteroatoms. The zero-order chi connectivity index (χ0) is 17.8. The van der Waals surface area contributed by atoms with E-state index in [-0.39, 0.29) is 42.2 Å². The number of halogens is 4. The van der Waals surface area contributed by atoms with Crippen molar-refractivity contribution in [1.82, 2.24) is 5.32 Å². The molecule has 1 saturated heterocycles. The SMILES string of the molecule is CO[C@@H]1CCOC[C@H]1NCc1ccc(-c2c(F)cccc2F)cc1F.Cl. The van der Waals surface area contributed by atoms with Crippen LogP contribution in [0.15, 0.2) is 36.4 Å². The van der Waals surface area contributed by atoms with Crippen LogP contribution in [0.5, 0.6) is 0 Å². The first-order valence-electron chi connectivity index (χ1n) is 8.17. The summed E-state index contributed by atoms with van der Waals surface area (Å²) in [6, 6.07) is 7.77. The van der Waals surface area contributed by atoms with Gasteiger partial charge in [-0.2, -0.15) is 0 Å². The Morgan fingerprint density at radius 1 is 1.12 bits per heavy atom. The molecule has 0 bridgehead atoms. The fourth-order valence-corrected chi connectivity index (χ4v) is 3.05. The Kier molecular flexibility index (Phi) is 7.46. The fourth-order valence-electron chi connectivity index (χ4n) is 3.05. The number of hydrogen-bond acceptors (Lipinski definition) is 3. The second-order valence-electron chi connectivity index (χ2n) is 6.03. The molecule has 0 unspecified atom stereocenters. The van der Waals surface area contributed by atoms with Crippen molar-refractivity contribution in [3.05, 3.63) is 59.4 Å². The number of benzene rings is 2. The largest absolute Gasteiger partial charge is 0.380 e. The second kappa shape index (κ2) is 9.37. The van der Waals surface area contributed by atoms with Gasteiger partial charge < -0.3 is 14.8 Å². The predicted octanol–water partition coefficient (Wildman–Crippen LogP) is 4.09. The third-order valence-electron chi connectivity index (χ3n) is 4.45. The molecule has 0 amide bonds. The van der Waals surface area contributed by atoms with Gasteiger partial charge in [0, 0.05) is 25.8 Å². The molecule has 1 N–H and O–H groups in total. The van der Waals surface area contributed by atoms with Gasteiger partial charge in [0.1, 0.15) is 17.5 Å². The summed E-state index contributed by atoms with van der Waals surface area (Å²) in [5, 5.41) is 3.22. The van der Waals surface area contributed by atoms with Crippen molar-refractivity contribution < 1.29 is 22.6 Å². The zero-order valence-electron chi connectivity index (χ0n) is 14.3. The van der Waals surface area contributed by atoms with Gasteiger partial charge in [-0.3, -0.25) is 0 Å². The topological polar surface area (TPSA) is 30.5 Å². The summed E-state index contributed by atoms with van der Waals surface area (Å²) in [6.07, 6.45) is 0.797. The summed E-state index contributed by atoms with van der Waals surface area (Å²) >= 11 is 0. The highest BCUT2D eigenvalue weighted by Crippen LogP contribution is 2.27. The summed E-state index contributed by atoms with van der Waals surface area (Å²) in [7, 11) is 1.64. The Bertz CT molecular complexity index is 724. The van der Waals surface area contributed by atoms with Crippen LogP contribution in [0, 0.1) is 17.5 Å². The van der Waals surface area contributed by atoms with Crippen molar-refractivity contribution in [2.75, 3.05) is 20.3 Å². The zero-order valence-corrected chi connectivity index (χ0v) is 15.1. The lowest BCUT2D eigenvalue weighted by molar-refractivity contribution is -0.0374. The van der Waals surface area contributed by atoms with E-state index in [1.807, 2.05) is 0 Å². The maximum atomic E-state index is 14.4. The van der Waals surface area contributed by atoms with E-state index in [1.54, 1.807) is 7.11 Å². The Hall–Kier alpha value is -1.60. The monoisotopic (exact) mass is 387 g/mol. The molecule has 142 valence electrons. The van der Waals surface area contributed by atoms with Gasteiger partial charge in [-0.1, -0.05) is 18.2 Å². The first-order chi connectivity index (χ1) is 12.1. The molecular formula is C19H21ClF3NO2. The van der Waals surface area contributed by atoms with Crippen LogP contribution in [0.1, 0.15) is 12.0 Å². The first-order valence-corrected chi connectivity index (χ1v) is 8.17. The molecule has 2 atom stereocenters. The van der Waals surface area contributed by atoms with Crippen LogP contribution in [0.4, 0.5) is 13.2 Å². The smallest absolute Gasteiger partial charge is 0.133 e. The van der Waals surface area contributed by atoms with Crippen molar-refractivity contribution in [3.8, 4) is 11.1 Å². The Morgan fingerprint density at radius 2 is 1.85 bits per heavy atom. The van der Waals surface area contributed by atoms with Crippen molar-refractivity contribution in [3.63, 3.8) is 0 Å². The minimum atomic E-state index is -0.715.